The first-order valence-electron chi connectivity index (χ1n) is 22.4. The Hall–Kier alpha value is -3.85. The van der Waals surface area contributed by atoms with Crippen molar-refractivity contribution in [2.45, 2.75) is 152 Å². The normalized spacial score (nSPS) is 32.1. The lowest BCUT2D eigenvalue weighted by atomic mass is 9.62. The van der Waals surface area contributed by atoms with Gasteiger partial charge in [0.15, 0.2) is 18.1 Å². The number of amides is 2. The van der Waals surface area contributed by atoms with E-state index in [0.717, 1.165) is 49.7 Å². The van der Waals surface area contributed by atoms with Crippen LogP contribution in [0.1, 0.15) is 98.7 Å². The van der Waals surface area contributed by atoms with E-state index < -0.39 is 90.8 Å². The van der Waals surface area contributed by atoms with Gasteiger partial charge in [-0.1, -0.05) is 88.1 Å². The summed E-state index contributed by atoms with van der Waals surface area (Å²) >= 11 is 0. The zero-order valence-electron chi connectivity index (χ0n) is 36.0. The number of ether oxygens (including phenoxy) is 5. The van der Waals surface area contributed by atoms with Gasteiger partial charge in [0, 0.05) is 37.9 Å². The minimum absolute atomic E-state index is 0.0586. The summed E-state index contributed by atoms with van der Waals surface area (Å²) in [5.41, 5.74) is 1.08. The van der Waals surface area contributed by atoms with Gasteiger partial charge in [-0.2, -0.15) is 5.06 Å². The second kappa shape index (κ2) is 21.0. The predicted molar refractivity (Wildman–Crippen MR) is 225 cm³/mol. The number of carbonyl (C=O) groups is 3. The van der Waals surface area contributed by atoms with Crippen LogP contribution in [0.2, 0.25) is 0 Å². The number of aliphatic hydroxyl groups excluding tert-OH is 5. The molecule has 1 saturated carbocycles. The van der Waals surface area contributed by atoms with Crippen molar-refractivity contribution in [2.24, 2.45) is 5.41 Å². The van der Waals surface area contributed by atoms with Gasteiger partial charge in [-0.3, -0.25) is 19.2 Å². The Morgan fingerprint density at radius 2 is 1.67 bits per heavy atom. The molecule has 0 radical (unpaired) electrons. The summed E-state index contributed by atoms with van der Waals surface area (Å²) in [7, 11) is 0. The molecule has 0 aromatic heterocycles. The largest absolute Gasteiger partial charge is 0.458 e. The first kappa shape index (κ1) is 47.1. The SMILES string of the molecule is CCCCCC1(CCCCC)O[C@@H]2[C@H]3ON(Cc4ccccc4C=CCO[C@H]4O[C@H](CO)[C@H](O)[C@H](O)[C@H]4O)[C@H]4C(=O)OC(CC34C(=O)NCc3cccc(C(=O)NCCO)c3)[C@@H]2O1. The van der Waals surface area contributed by atoms with Crippen LogP contribution in [0.3, 0.4) is 0 Å². The van der Waals surface area contributed by atoms with Crippen molar-refractivity contribution in [3.05, 3.63) is 76.9 Å². The van der Waals surface area contributed by atoms with E-state index in [0.29, 0.717) is 24.0 Å². The molecule has 11 atom stereocenters. The number of nitrogens with one attached hydrogen (secondary N) is 2. The third-order valence-electron chi connectivity index (χ3n) is 12.9. The summed E-state index contributed by atoms with van der Waals surface area (Å²) in [5, 5.41) is 56.7. The second-order valence-electron chi connectivity index (χ2n) is 17.2. The number of carbonyl (C=O) groups excluding carboxylic acids is 3. The molecule has 0 spiro atoms. The molecular formula is C46H63N3O14. The fourth-order valence-electron chi connectivity index (χ4n) is 9.68. The minimum atomic E-state index is -1.57. The van der Waals surface area contributed by atoms with Gasteiger partial charge in [-0.15, -0.1) is 0 Å². The van der Waals surface area contributed by atoms with Gasteiger partial charge < -0.3 is 59.9 Å². The summed E-state index contributed by atoms with van der Waals surface area (Å²) in [4.78, 5) is 48.9. The molecule has 63 heavy (non-hydrogen) atoms. The van der Waals surface area contributed by atoms with E-state index in [1.807, 2.05) is 24.3 Å². The molecule has 2 amide bonds. The standard InChI is InChI=1S/C46H63N3O14/c1-3-5-9-18-45(19-10-6-4-2)61-37-32-24-46(44(57)48-25-28-13-11-16-30(23-28)41(55)47-20-21-50)39(42(56)59-32)49(63-40(46)38(37)62-45)26-31-15-8-7-14-29(31)17-12-22-58-43-36(54)35(53)34(52)33(27-51)60-43/h7-8,11-17,23,32-40,43,50-54H,3-6,9-10,18-22,24-27H2,1-2H3,(H,47,55)(H,48,57)/t32?,33-,34+,35+,36-,37+,38+,39+,40-,43+,46?/m1/s1. The number of hydrogen-bond donors (Lipinski definition) is 7. The zero-order chi connectivity index (χ0) is 44.7. The van der Waals surface area contributed by atoms with Gasteiger partial charge in [-0.05, 0) is 41.7 Å². The van der Waals surface area contributed by atoms with Gasteiger partial charge in [0.25, 0.3) is 5.91 Å². The number of benzene rings is 2. The molecule has 7 N–H and O–H groups in total. The summed E-state index contributed by atoms with van der Waals surface area (Å²) < 4.78 is 31.3. The van der Waals surface area contributed by atoms with Crippen molar-refractivity contribution in [3.8, 4) is 0 Å². The maximum Gasteiger partial charge on any atom is 0.327 e. The number of aliphatic hydroxyl groups is 5. The highest BCUT2D eigenvalue weighted by molar-refractivity contribution is 5.95. The first-order valence-corrected chi connectivity index (χ1v) is 22.4. The van der Waals surface area contributed by atoms with Crippen molar-refractivity contribution < 1.29 is 68.4 Å². The Kier molecular flexibility index (Phi) is 15.7. The van der Waals surface area contributed by atoms with Crippen molar-refractivity contribution >= 4 is 23.9 Å². The number of esters is 1. The van der Waals surface area contributed by atoms with Crippen LogP contribution in [-0.2, 0) is 51.2 Å². The Labute approximate surface area is 367 Å². The van der Waals surface area contributed by atoms with E-state index in [4.69, 9.17) is 28.5 Å². The van der Waals surface area contributed by atoms with Crippen molar-refractivity contribution in [3.63, 3.8) is 0 Å². The second-order valence-corrected chi connectivity index (χ2v) is 17.2. The number of unbranched alkanes of at least 4 members (excludes halogenated alkanes) is 4. The third kappa shape index (κ3) is 9.89. The van der Waals surface area contributed by atoms with E-state index in [9.17, 15) is 39.9 Å². The van der Waals surface area contributed by atoms with Gasteiger partial charge in [0.2, 0.25) is 5.91 Å². The molecule has 4 aliphatic heterocycles. The fourth-order valence-corrected chi connectivity index (χ4v) is 9.68. The monoisotopic (exact) mass is 881 g/mol. The lowest BCUT2D eigenvalue weighted by Crippen LogP contribution is -2.69. The molecule has 2 aromatic rings. The Bertz CT molecular complexity index is 1900. The molecule has 2 unspecified atom stereocenters. The molecule has 346 valence electrons. The highest BCUT2D eigenvalue weighted by Gasteiger charge is 2.76. The topological polar surface area (TPSA) is 235 Å². The number of rotatable bonds is 21. The molecule has 5 aliphatic rings. The molecule has 4 saturated heterocycles. The van der Waals surface area contributed by atoms with E-state index in [1.54, 1.807) is 36.4 Å². The smallest absolute Gasteiger partial charge is 0.327 e. The van der Waals surface area contributed by atoms with Gasteiger partial charge >= 0.3 is 5.97 Å². The van der Waals surface area contributed by atoms with Crippen LogP contribution in [0.5, 0.6) is 0 Å². The maximum atomic E-state index is 15.0. The Morgan fingerprint density at radius 1 is 0.921 bits per heavy atom. The first-order chi connectivity index (χ1) is 30.5. The number of fused-ring (bicyclic) bond motifs is 4. The third-order valence-corrected chi connectivity index (χ3v) is 12.9. The van der Waals surface area contributed by atoms with Crippen molar-refractivity contribution in [2.75, 3.05) is 26.4 Å². The van der Waals surface area contributed by atoms with Gasteiger partial charge in [0.05, 0.1) is 26.4 Å². The summed E-state index contributed by atoms with van der Waals surface area (Å²) in [5.74, 6) is -2.30. The molecule has 5 fully saturated rings. The molecular weight excluding hydrogens is 819 g/mol. The fraction of sp³-hybridized carbons (Fsp3) is 0.630. The molecule has 7 rings (SSSR count). The molecule has 1 aliphatic carbocycles. The molecule has 17 nitrogen and oxygen atoms in total. The summed E-state index contributed by atoms with van der Waals surface area (Å²) in [6.07, 6.45) is 0.605. The van der Waals surface area contributed by atoms with Gasteiger partial charge in [0.1, 0.15) is 54.2 Å². The van der Waals surface area contributed by atoms with Crippen LogP contribution in [0.25, 0.3) is 6.08 Å². The lowest BCUT2D eigenvalue weighted by Gasteiger charge is -2.48. The number of nitrogens with zero attached hydrogens (tertiary/aromatic N) is 1. The quantitative estimate of drug-likeness (QED) is 0.0702. The van der Waals surface area contributed by atoms with Crippen LogP contribution in [0, 0.1) is 5.41 Å². The van der Waals surface area contributed by atoms with Crippen LogP contribution in [-0.4, -0.2) is 142 Å². The average Bonchev–Trinajstić information content (AvgIpc) is 3.85. The highest BCUT2D eigenvalue weighted by atomic mass is 16.8. The van der Waals surface area contributed by atoms with E-state index >= 15 is 0 Å². The minimum Gasteiger partial charge on any atom is -0.458 e. The van der Waals surface area contributed by atoms with Crippen LogP contribution in [0.15, 0.2) is 54.6 Å². The Morgan fingerprint density at radius 3 is 2.40 bits per heavy atom. The predicted octanol–water partition coefficient (Wildman–Crippen LogP) is 2.00. The summed E-state index contributed by atoms with van der Waals surface area (Å²) in [6, 6.07) is 13.1. The summed E-state index contributed by atoms with van der Waals surface area (Å²) in [6.45, 7) is 3.68. The van der Waals surface area contributed by atoms with E-state index in [-0.39, 0.29) is 45.2 Å². The molecule has 2 aromatic carbocycles. The zero-order valence-corrected chi connectivity index (χ0v) is 36.0. The van der Waals surface area contributed by atoms with E-state index in [2.05, 4.69) is 24.5 Å². The molecule has 17 heteroatoms. The maximum absolute atomic E-state index is 15.0. The van der Waals surface area contributed by atoms with Gasteiger partial charge in [-0.25, -0.2) is 0 Å². The number of hydroxylamine groups is 2. The van der Waals surface area contributed by atoms with Crippen LogP contribution < -0.4 is 10.6 Å². The molecule has 2 bridgehead atoms. The van der Waals surface area contributed by atoms with Crippen molar-refractivity contribution in [1.82, 2.24) is 15.7 Å². The van der Waals surface area contributed by atoms with E-state index in [1.165, 1.54) is 5.06 Å². The molecule has 4 heterocycles. The van der Waals surface area contributed by atoms with Crippen LogP contribution in [0.4, 0.5) is 0 Å². The average molecular weight is 882 g/mol. The van der Waals surface area contributed by atoms with Crippen molar-refractivity contribution in [1.29, 1.82) is 0 Å². The lowest BCUT2D eigenvalue weighted by molar-refractivity contribution is -0.298. The Balaban J connectivity index is 1.15. The highest BCUT2D eigenvalue weighted by Crippen LogP contribution is 2.58. The van der Waals surface area contributed by atoms with Crippen LogP contribution >= 0.6 is 0 Å². The number of hydrogen-bond acceptors (Lipinski definition) is 15.